The van der Waals surface area contributed by atoms with Crippen LogP contribution >= 0.6 is 0 Å². The van der Waals surface area contributed by atoms with Crippen LogP contribution in [0.15, 0.2) is 24.3 Å². The van der Waals surface area contributed by atoms with E-state index in [0.29, 0.717) is 0 Å². The quantitative estimate of drug-likeness (QED) is 0.175. The molecule has 0 aliphatic heterocycles. The van der Waals surface area contributed by atoms with Crippen LogP contribution < -0.4 is 0 Å². The summed E-state index contributed by atoms with van der Waals surface area (Å²) < 4.78 is 32.8. The molecule has 0 fully saturated rings. The molecule has 0 unspecified atom stereocenters. The van der Waals surface area contributed by atoms with Crippen LogP contribution in [0.5, 0.6) is 0 Å². The number of aliphatic hydroxyl groups excluding tert-OH is 1. The van der Waals surface area contributed by atoms with Crippen molar-refractivity contribution in [1.29, 1.82) is 0 Å². The first kappa shape index (κ1) is 35.9. The molecule has 0 aromatic heterocycles. The van der Waals surface area contributed by atoms with Crippen LogP contribution in [0.25, 0.3) is 0 Å². The molecule has 7 nitrogen and oxygen atoms in total. The van der Waals surface area contributed by atoms with Gasteiger partial charge in [0.2, 0.25) is 0 Å². The van der Waals surface area contributed by atoms with Gasteiger partial charge < -0.3 is 14.3 Å². The van der Waals surface area contributed by atoms with Crippen molar-refractivity contribution >= 4 is 14.3 Å². The number of hydrogen-bond donors (Lipinski definition) is 1. The first-order valence-corrected chi connectivity index (χ1v) is 9.87. The summed E-state index contributed by atoms with van der Waals surface area (Å²) >= 11 is 0. The maximum Gasteiger partial charge on any atom is 0 e. The van der Waals surface area contributed by atoms with E-state index in [1.54, 1.807) is 12.2 Å². The van der Waals surface area contributed by atoms with Gasteiger partial charge in [0.25, 0.3) is 0 Å². The van der Waals surface area contributed by atoms with Crippen molar-refractivity contribution in [2.75, 3.05) is 13.7 Å². The van der Waals surface area contributed by atoms with Crippen molar-refractivity contribution in [3.8, 4) is 0 Å². The van der Waals surface area contributed by atoms with Gasteiger partial charge in [-0.3, -0.25) is 0 Å². The fourth-order valence-electron chi connectivity index (χ4n) is 0.960. The first-order valence-electron chi connectivity index (χ1n) is 6.96. The third-order valence-electron chi connectivity index (χ3n) is 3.30. The molecule has 0 aromatic rings. The molecule has 0 aliphatic rings. The Morgan fingerprint density at radius 2 is 1.54 bits per heavy atom. The van der Waals surface area contributed by atoms with Gasteiger partial charge in [-0.25, -0.2) is 4.79 Å². The number of hydrogen-bond acceptors (Lipinski definition) is 4. The molecule has 26 heavy (non-hydrogen) atoms. The normalized spacial score (nSPS) is 11.3. The molecule has 9 heteroatoms. The zero-order chi connectivity index (χ0) is 21.1. The number of esters is 1. The Kier molecular flexibility index (Phi) is 30.2. The van der Waals surface area contributed by atoms with Crippen molar-refractivity contribution < 1.29 is 50.1 Å². The molecule has 0 rings (SSSR count). The number of carbonyl (C=O) groups excluding carboxylic acids is 1. The maximum absolute atomic E-state index is 10.8. The second-order valence-corrected chi connectivity index (χ2v) is 10.7. The summed E-state index contributed by atoms with van der Waals surface area (Å²) in [4.78, 5) is 10.8. The van der Waals surface area contributed by atoms with Crippen LogP contribution in [0.1, 0.15) is 20.8 Å². The van der Waals surface area contributed by atoms with Gasteiger partial charge in [-0.05, 0) is 18.1 Å². The van der Waals surface area contributed by atoms with Crippen molar-refractivity contribution in [1.82, 2.24) is 0 Å². The van der Waals surface area contributed by atoms with Gasteiger partial charge in [-0.15, -0.1) is 0 Å². The zero-order valence-corrected chi connectivity index (χ0v) is 17.9. The number of rotatable bonds is 6. The van der Waals surface area contributed by atoms with E-state index >= 15 is 0 Å². The number of allylic oxidation sites excluding steroid dienone is 2. The summed E-state index contributed by atoms with van der Waals surface area (Å²) in [5.74, 6) is -0.420. The molecular weight excluding hydrogens is 400 g/mol. The Labute approximate surface area is 167 Å². The standard InChI is InChI=1S/C14H26O4Si.3CO.Fe/c1-14(2,3)19(5,6)18-11-12(15)9-7-8-10-13(16)17-4;3*1-2;/h7-10,12,15H,11H2,1-6H3;;;;/b9-7+,10-8+;;;;/t12-;;;;/m0..../s1. The zero-order valence-electron chi connectivity index (χ0n) is 15.8. The summed E-state index contributed by atoms with van der Waals surface area (Å²) in [5, 5.41) is 9.89. The Bertz CT molecular complexity index is 446. The number of methoxy groups -OCH3 is 1. The molecule has 1 N–H and O–H groups in total. The van der Waals surface area contributed by atoms with Crippen molar-refractivity contribution in [2.24, 2.45) is 0 Å². The molecule has 0 heterocycles. The van der Waals surface area contributed by atoms with Crippen LogP contribution in [-0.2, 0) is 45.0 Å². The molecule has 0 amide bonds. The molecule has 0 saturated heterocycles. The predicted octanol–water partition coefficient (Wildman–Crippen LogP) is 2.54. The number of aliphatic hydroxyl groups is 1. The number of ether oxygens (including phenoxy) is 1. The van der Waals surface area contributed by atoms with E-state index in [9.17, 15) is 9.90 Å². The molecule has 148 valence electrons. The monoisotopic (exact) mass is 426 g/mol. The smallest absolute Gasteiger partial charge is 0 e. The summed E-state index contributed by atoms with van der Waals surface area (Å²) in [6.45, 7) is 24.5. The van der Waals surface area contributed by atoms with Crippen LogP contribution in [0.2, 0.25) is 18.1 Å². The Morgan fingerprint density at radius 3 is 1.88 bits per heavy atom. The third-order valence-corrected chi connectivity index (χ3v) is 7.80. The van der Waals surface area contributed by atoms with E-state index < -0.39 is 20.4 Å². The Balaban J connectivity index is -0.000000189. The van der Waals surface area contributed by atoms with Gasteiger partial charge >= 0.3 is 39.9 Å². The van der Waals surface area contributed by atoms with Crippen molar-refractivity contribution in [2.45, 2.75) is 45.0 Å². The molecule has 0 bridgehead atoms. The summed E-state index contributed by atoms with van der Waals surface area (Å²) in [5.41, 5.74) is 0. The van der Waals surface area contributed by atoms with Gasteiger partial charge in [0.15, 0.2) is 8.32 Å². The van der Waals surface area contributed by atoms with E-state index in [0.717, 1.165) is 0 Å². The third kappa shape index (κ3) is 20.9. The van der Waals surface area contributed by atoms with E-state index in [-0.39, 0.29) is 28.7 Å². The van der Waals surface area contributed by atoms with Crippen molar-refractivity contribution in [3.05, 3.63) is 44.3 Å². The maximum atomic E-state index is 10.8. The molecular formula is C17H26FeO7Si. The Morgan fingerprint density at radius 1 is 1.12 bits per heavy atom. The van der Waals surface area contributed by atoms with Gasteiger partial charge in [0.1, 0.15) is 0 Å². The second kappa shape index (κ2) is 21.9. The molecule has 0 radical (unpaired) electrons. The summed E-state index contributed by atoms with van der Waals surface area (Å²) in [7, 11) is -0.507. The van der Waals surface area contributed by atoms with E-state index in [1.165, 1.54) is 19.3 Å². The minimum absolute atomic E-state index is 0. The molecule has 1 atom stereocenters. The first-order chi connectivity index (χ1) is 11.6. The predicted molar refractivity (Wildman–Crippen MR) is 91.2 cm³/mol. The van der Waals surface area contributed by atoms with Crippen LogP contribution in [0, 0.1) is 20.0 Å². The molecule has 0 spiro atoms. The van der Waals surface area contributed by atoms with Gasteiger partial charge in [-0.2, -0.15) is 0 Å². The van der Waals surface area contributed by atoms with Crippen LogP contribution in [0.4, 0.5) is 0 Å². The molecule has 0 aliphatic carbocycles. The fraction of sp³-hybridized carbons (Fsp3) is 0.529. The van der Waals surface area contributed by atoms with Gasteiger partial charge in [-0.1, -0.05) is 39.0 Å². The second-order valence-electron chi connectivity index (χ2n) is 5.91. The topological polar surface area (TPSA) is 115 Å². The minimum Gasteiger partial charge on any atom is 0 e. The molecule has 0 saturated carbocycles. The average molecular weight is 426 g/mol. The Hall–Kier alpha value is -1.17. The van der Waals surface area contributed by atoms with E-state index in [1.807, 2.05) is 0 Å². The van der Waals surface area contributed by atoms with Gasteiger partial charge in [0.05, 0.1) is 19.8 Å². The summed E-state index contributed by atoms with van der Waals surface area (Å²) in [6.07, 6.45) is 5.35. The minimum atomic E-state index is -1.82. The van der Waals surface area contributed by atoms with Crippen molar-refractivity contribution in [3.63, 3.8) is 0 Å². The van der Waals surface area contributed by atoms with E-state index in [2.05, 4.69) is 58.6 Å². The number of carbonyl (C=O) groups is 1. The summed E-state index contributed by atoms with van der Waals surface area (Å²) in [6, 6.07) is 0. The average Bonchev–Trinajstić information content (AvgIpc) is 2.61. The largest absolute Gasteiger partial charge is 0 e. The molecule has 0 aromatic carbocycles. The van der Waals surface area contributed by atoms with Crippen LogP contribution in [0.3, 0.4) is 0 Å². The van der Waals surface area contributed by atoms with Gasteiger partial charge in [0, 0.05) is 23.1 Å². The SMILES string of the molecule is COC(=O)/C=C/C=C/[C@H](O)CO[Si](C)(C)C(C)(C)C.[C-]#[O+].[C-]#[O+].[C-]#[O+].[Fe]. The van der Waals surface area contributed by atoms with E-state index in [4.69, 9.17) is 18.4 Å². The fourth-order valence-corrected chi connectivity index (χ4v) is 1.98. The van der Waals surface area contributed by atoms with Crippen LogP contribution in [-0.4, -0.2) is 39.2 Å².